The highest BCUT2D eigenvalue weighted by molar-refractivity contribution is 5.96. The van der Waals surface area contributed by atoms with Crippen LogP contribution in [0.3, 0.4) is 0 Å². The number of benzene rings is 1. The molecule has 0 saturated heterocycles. The minimum atomic E-state index is -0.112. The second-order valence-electron chi connectivity index (χ2n) is 7.06. The SMILES string of the molecule is COc1ccc(C(=O)N(C(C)C)C(C)C)c(C(C)(C)C)c1. The molecule has 0 aliphatic carbocycles. The van der Waals surface area contributed by atoms with Crippen LogP contribution in [0, 0.1) is 0 Å². The predicted octanol–water partition coefficient (Wildman–Crippen LogP) is 4.25. The lowest BCUT2D eigenvalue weighted by Gasteiger charge is -2.33. The standard InChI is InChI=1S/C18H29NO2/c1-12(2)19(13(3)4)17(20)15-10-9-14(21-8)11-16(15)18(5,6)7/h9-13H,1-8H3. The smallest absolute Gasteiger partial charge is 0.254 e. The number of carbonyl (C=O) groups is 1. The molecule has 0 atom stereocenters. The van der Waals surface area contributed by atoms with Gasteiger partial charge in [-0.2, -0.15) is 0 Å². The van der Waals surface area contributed by atoms with Gasteiger partial charge in [-0.25, -0.2) is 0 Å². The number of ether oxygens (including phenoxy) is 1. The topological polar surface area (TPSA) is 29.5 Å². The molecule has 3 heteroatoms. The summed E-state index contributed by atoms with van der Waals surface area (Å²) in [6, 6.07) is 6.08. The number of amides is 1. The van der Waals surface area contributed by atoms with Crippen LogP contribution in [-0.4, -0.2) is 30.0 Å². The van der Waals surface area contributed by atoms with E-state index in [1.54, 1.807) is 7.11 Å². The van der Waals surface area contributed by atoms with Crippen molar-refractivity contribution in [3.63, 3.8) is 0 Å². The molecule has 1 amide bonds. The Balaban J connectivity index is 3.38. The maximum Gasteiger partial charge on any atom is 0.254 e. The number of hydrogen-bond acceptors (Lipinski definition) is 2. The Kier molecular flexibility index (Phi) is 5.43. The zero-order chi connectivity index (χ0) is 16.4. The summed E-state index contributed by atoms with van der Waals surface area (Å²) in [6.07, 6.45) is 0. The zero-order valence-corrected chi connectivity index (χ0v) is 14.7. The molecular formula is C18H29NO2. The Morgan fingerprint density at radius 2 is 1.62 bits per heavy atom. The molecule has 0 fully saturated rings. The molecule has 1 rings (SSSR count). The minimum absolute atomic E-state index is 0.0904. The lowest BCUT2D eigenvalue weighted by atomic mass is 9.83. The molecule has 1 aromatic carbocycles. The first kappa shape index (κ1) is 17.5. The fourth-order valence-electron chi connectivity index (χ4n) is 2.66. The van der Waals surface area contributed by atoms with Gasteiger partial charge in [-0.05, 0) is 56.9 Å². The monoisotopic (exact) mass is 291 g/mol. The molecule has 0 unspecified atom stereocenters. The van der Waals surface area contributed by atoms with Crippen LogP contribution < -0.4 is 4.74 Å². The van der Waals surface area contributed by atoms with Crippen molar-refractivity contribution in [2.75, 3.05) is 7.11 Å². The van der Waals surface area contributed by atoms with Crippen molar-refractivity contribution >= 4 is 5.91 Å². The quantitative estimate of drug-likeness (QED) is 0.830. The molecule has 0 spiro atoms. The highest BCUT2D eigenvalue weighted by atomic mass is 16.5. The molecular weight excluding hydrogens is 262 g/mol. The second-order valence-corrected chi connectivity index (χ2v) is 7.06. The van der Waals surface area contributed by atoms with Gasteiger partial charge in [0.25, 0.3) is 5.91 Å². The fourth-order valence-corrected chi connectivity index (χ4v) is 2.66. The summed E-state index contributed by atoms with van der Waals surface area (Å²) < 4.78 is 5.32. The summed E-state index contributed by atoms with van der Waals surface area (Å²) >= 11 is 0. The largest absolute Gasteiger partial charge is 0.497 e. The molecule has 0 heterocycles. The summed E-state index contributed by atoms with van der Waals surface area (Å²) in [5, 5.41) is 0. The molecule has 1 aromatic rings. The molecule has 0 N–H and O–H groups in total. The number of carbonyl (C=O) groups excluding carboxylic acids is 1. The molecule has 118 valence electrons. The first-order chi connectivity index (χ1) is 9.59. The van der Waals surface area contributed by atoms with Crippen molar-refractivity contribution in [1.82, 2.24) is 4.90 Å². The Bertz CT molecular complexity index is 490. The normalized spacial score (nSPS) is 11.9. The van der Waals surface area contributed by atoms with Crippen LogP contribution in [0.5, 0.6) is 5.75 Å². The molecule has 0 aliphatic rings. The number of methoxy groups -OCH3 is 1. The molecule has 0 saturated carbocycles. The maximum absolute atomic E-state index is 13.0. The van der Waals surface area contributed by atoms with Crippen LogP contribution in [0.2, 0.25) is 0 Å². The predicted molar refractivity (Wildman–Crippen MR) is 88.1 cm³/mol. The Labute approximate surface area is 129 Å². The van der Waals surface area contributed by atoms with Crippen LogP contribution in [0.25, 0.3) is 0 Å². The minimum Gasteiger partial charge on any atom is -0.497 e. The van der Waals surface area contributed by atoms with Crippen LogP contribution in [0.4, 0.5) is 0 Å². The van der Waals surface area contributed by atoms with E-state index < -0.39 is 0 Å². The first-order valence-corrected chi connectivity index (χ1v) is 7.60. The first-order valence-electron chi connectivity index (χ1n) is 7.60. The zero-order valence-electron chi connectivity index (χ0n) is 14.7. The van der Waals surface area contributed by atoms with Crippen LogP contribution in [0.15, 0.2) is 18.2 Å². The van der Waals surface area contributed by atoms with E-state index in [4.69, 9.17) is 4.74 Å². The third kappa shape index (κ3) is 3.99. The third-order valence-electron chi connectivity index (χ3n) is 3.61. The second kappa shape index (κ2) is 6.50. The van der Waals surface area contributed by atoms with Crippen molar-refractivity contribution < 1.29 is 9.53 Å². The number of nitrogens with zero attached hydrogens (tertiary/aromatic N) is 1. The van der Waals surface area contributed by atoms with Gasteiger partial charge in [-0.3, -0.25) is 4.79 Å². The lowest BCUT2D eigenvalue weighted by Crippen LogP contribution is -2.42. The van der Waals surface area contributed by atoms with Crippen molar-refractivity contribution in [1.29, 1.82) is 0 Å². The van der Waals surface area contributed by atoms with E-state index >= 15 is 0 Å². The van der Waals surface area contributed by atoms with Gasteiger partial charge in [0.15, 0.2) is 0 Å². The maximum atomic E-state index is 13.0. The van der Waals surface area contributed by atoms with E-state index in [1.807, 2.05) is 23.1 Å². The molecule has 3 nitrogen and oxygen atoms in total. The highest BCUT2D eigenvalue weighted by Gasteiger charge is 2.28. The van der Waals surface area contributed by atoms with Crippen molar-refractivity contribution in [2.24, 2.45) is 0 Å². The van der Waals surface area contributed by atoms with Crippen LogP contribution in [0.1, 0.15) is 64.4 Å². The van der Waals surface area contributed by atoms with E-state index in [2.05, 4.69) is 48.5 Å². The molecule has 21 heavy (non-hydrogen) atoms. The summed E-state index contributed by atoms with van der Waals surface area (Å²) in [7, 11) is 1.65. The Morgan fingerprint density at radius 3 is 2.00 bits per heavy atom. The number of rotatable bonds is 4. The molecule has 0 bridgehead atoms. The van der Waals surface area contributed by atoms with Crippen molar-refractivity contribution in [3.8, 4) is 5.75 Å². The average Bonchev–Trinajstić information content (AvgIpc) is 2.35. The van der Waals surface area contributed by atoms with E-state index in [9.17, 15) is 4.79 Å². The average molecular weight is 291 g/mol. The van der Waals surface area contributed by atoms with Crippen LogP contribution >= 0.6 is 0 Å². The third-order valence-corrected chi connectivity index (χ3v) is 3.61. The van der Waals surface area contributed by atoms with Gasteiger partial charge in [0.05, 0.1) is 7.11 Å². The van der Waals surface area contributed by atoms with Crippen molar-refractivity contribution in [3.05, 3.63) is 29.3 Å². The highest BCUT2D eigenvalue weighted by Crippen LogP contribution is 2.31. The van der Waals surface area contributed by atoms with Gasteiger partial charge in [0.1, 0.15) is 5.75 Å². The Morgan fingerprint density at radius 1 is 1.10 bits per heavy atom. The van der Waals surface area contributed by atoms with Gasteiger partial charge in [-0.1, -0.05) is 20.8 Å². The van der Waals surface area contributed by atoms with E-state index in [0.717, 1.165) is 16.9 Å². The number of hydrogen-bond donors (Lipinski definition) is 0. The lowest BCUT2D eigenvalue weighted by molar-refractivity contribution is 0.0641. The van der Waals surface area contributed by atoms with Gasteiger partial charge in [0, 0.05) is 17.6 Å². The summed E-state index contributed by atoms with van der Waals surface area (Å²) in [5.41, 5.74) is 1.68. The summed E-state index contributed by atoms with van der Waals surface area (Å²) in [6.45, 7) is 14.6. The van der Waals surface area contributed by atoms with Crippen molar-refractivity contribution in [2.45, 2.75) is 66.0 Å². The molecule has 0 radical (unpaired) electrons. The summed E-state index contributed by atoms with van der Waals surface area (Å²) in [5.74, 6) is 0.879. The van der Waals surface area contributed by atoms with Gasteiger partial charge >= 0.3 is 0 Å². The molecule has 0 aromatic heterocycles. The van der Waals surface area contributed by atoms with Gasteiger partial charge in [0.2, 0.25) is 0 Å². The van der Waals surface area contributed by atoms with E-state index in [-0.39, 0.29) is 23.4 Å². The van der Waals surface area contributed by atoms with Gasteiger partial charge < -0.3 is 9.64 Å². The van der Waals surface area contributed by atoms with E-state index in [0.29, 0.717) is 0 Å². The summed E-state index contributed by atoms with van der Waals surface area (Å²) in [4.78, 5) is 14.9. The Hall–Kier alpha value is -1.51. The fraction of sp³-hybridized carbons (Fsp3) is 0.611. The van der Waals surface area contributed by atoms with Crippen LogP contribution in [-0.2, 0) is 5.41 Å². The van der Waals surface area contributed by atoms with E-state index in [1.165, 1.54) is 0 Å². The van der Waals surface area contributed by atoms with Gasteiger partial charge in [-0.15, -0.1) is 0 Å². The molecule has 0 aliphatic heterocycles.